The van der Waals surface area contributed by atoms with Gasteiger partial charge in [0, 0.05) is 19.7 Å². The average molecular weight is 188 g/mol. The summed E-state index contributed by atoms with van der Waals surface area (Å²) in [4.78, 5) is 15.2. The number of hydrogen-bond acceptors (Lipinski definition) is 3. The van der Waals surface area contributed by atoms with Gasteiger partial charge in [-0.25, -0.2) is 4.98 Å². The molecule has 1 aromatic rings. The molecule has 0 aliphatic rings. The monoisotopic (exact) mass is 187 g/mol. The molecule has 1 heterocycles. The fraction of sp³-hybridized carbons (Fsp3) is 0.429. The maximum Gasteiger partial charge on any atom is 0.256 e. The van der Waals surface area contributed by atoms with Crippen LogP contribution in [0.25, 0.3) is 0 Å². The van der Waals surface area contributed by atoms with E-state index in [1.807, 2.05) is 6.92 Å². The number of anilines is 1. The molecule has 12 heavy (non-hydrogen) atoms. The number of nitrogens with zero attached hydrogens (tertiary/aromatic N) is 2. The molecule has 0 spiro atoms. The molecular weight excluding hydrogens is 178 g/mol. The van der Waals surface area contributed by atoms with Gasteiger partial charge in [-0.3, -0.25) is 9.36 Å². The Morgan fingerprint density at radius 3 is 2.92 bits per heavy atom. The normalized spacial score (nSPS) is 9.92. The second-order valence-electron chi connectivity index (χ2n) is 2.23. The van der Waals surface area contributed by atoms with Crippen LogP contribution in [0.1, 0.15) is 6.92 Å². The zero-order valence-corrected chi connectivity index (χ0v) is 7.72. The molecule has 0 amide bonds. The van der Waals surface area contributed by atoms with E-state index in [4.69, 9.17) is 11.6 Å². The number of rotatable bonds is 2. The summed E-state index contributed by atoms with van der Waals surface area (Å²) in [6, 6.07) is 1.30. The molecule has 1 rings (SSSR count). The Labute approximate surface area is 75.2 Å². The van der Waals surface area contributed by atoms with Gasteiger partial charge in [0.1, 0.15) is 5.15 Å². The first-order valence-corrected chi connectivity index (χ1v) is 4.02. The lowest BCUT2D eigenvalue weighted by Gasteiger charge is -2.07. The molecule has 0 radical (unpaired) electrons. The Morgan fingerprint density at radius 1 is 1.75 bits per heavy atom. The lowest BCUT2D eigenvalue weighted by Crippen LogP contribution is -2.22. The van der Waals surface area contributed by atoms with Crippen molar-refractivity contribution >= 4 is 17.5 Å². The molecule has 0 aliphatic carbocycles. The van der Waals surface area contributed by atoms with Crippen molar-refractivity contribution in [3.05, 3.63) is 21.6 Å². The molecule has 0 aliphatic heterocycles. The Bertz CT molecular complexity index is 334. The molecule has 0 bridgehead atoms. The highest BCUT2D eigenvalue weighted by molar-refractivity contribution is 6.29. The maximum atomic E-state index is 11.2. The second-order valence-corrected chi connectivity index (χ2v) is 2.62. The first-order valence-electron chi connectivity index (χ1n) is 3.64. The second kappa shape index (κ2) is 3.58. The lowest BCUT2D eigenvalue weighted by molar-refractivity contribution is 0.717. The molecule has 0 fully saturated rings. The summed E-state index contributed by atoms with van der Waals surface area (Å²) in [5.41, 5.74) is -0.137. The minimum absolute atomic E-state index is 0.137. The van der Waals surface area contributed by atoms with Gasteiger partial charge >= 0.3 is 0 Å². The topological polar surface area (TPSA) is 46.9 Å². The van der Waals surface area contributed by atoms with Gasteiger partial charge in [-0.1, -0.05) is 11.6 Å². The van der Waals surface area contributed by atoms with Crippen molar-refractivity contribution in [2.75, 3.05) is 12.4 Å². The van der Waals surface area contributed by atoms with E-state index in [1.165, 1.54) is 10.6 Å². The molecule has 5 heteroatoms. The zero-order valence-electron chi connectivity index (χ0n) is 6.97. The van der Waals surface area contributed by atoms with E-state index in [0.29, 0.717) is 12.5 Å². The van der Waals surface area contributed by atoms with E-state index in [1.54, 1.807) is 7.05 Å². The highest BCUT2D eigenvalue weighted by atomic mass is 35.5. The van der Waals surface area contributed by atoms with Crippen LogP contribution in [0.5, 0.6) is 0 Å². The van der Waals surface area contributed by atoms with Crippen molar-refractivity contribution in [1.29, 1.82) is 0 Å². The highest BCUT2D eigenvalue weighted by Crippen LogP contribution is 2.05. The third-order valence-electron chi connectivity index (χ3n) is 1.52. The first-order chi connectivity index (χ1) is 5.69. The Balaban J connectivity index is 3.34. The summed E-state index contributed by atoms with van der Waals surface area (Å²) in [5, 5.41) is 3.01. The van der Waals surface area contributed by atoms with Gasteiger partial charge in [0.25, 0.3) is 5.56 Å². The summed E-state index contributed by atoms with van der Waals surface area (Å²) < 4.78 is 1.51. The van der Waals surface area contributed by atoms with E-state index < -0.39 is 0 Å². The van der Waals surface area contributed by atoms with Crippen molar-refractivity contribution in [1.82, 2.24) is 9.55 Å². The van der Waals surface area contributed by atoms with E-state index in [0.717, 1.165) is 0 Å². The van der Waals surface area contributed by atoms with Crippen molar-refractivity contribution in [3.8, 4) is 0 Å². The predicted octanol–water partition coefficient (Wildman–Crippen LogP) is 0.958. The molecule has 0 saturated heterocycles. The summed E-state index contributed by atoms with van der Waals surface area (Å²) in [7, 11) is 1.70. The molecule has 0 saturated carbocycles. The smallest absolute Gasteiger partial charge is 0.256 e. The van der Waals surface area contributed by atoms with Gasteiger partial charge in [0.2, 0.25) is 5.95 Å². The lowest BCUT2D eigenvalue weighted by atomic mass is 10.6. The molecule has 66 valence electrons. The van der Waals surface area contributed by atoms with Crippen LogP contribution in [0.2, 0.25) is 5.15 Å². The molecule has 1 aromatic heterocycles. The Kier molecular flexibility index (Phi) is 2.70. The van der Waals surface area contributed by atoms with Crippen LogP contribution >= 0.6 is 11.6 Å². The standard InChI is InChI=1S/C7H10ClN3O/c1-3-11-6(12)4-5(8)10-7(11)9-2/h4H,3H2,1-2H3,(H,9,10). The summed E-state index contributed by atoms with van der Waals surface area (Å²) >= 11 is 5.59. The molecule has 0 atom stereocenters. The predicted molar refractivity (Wildman–Crippen MR) is 48.7 cm³/mol. The third kappa shape index (κ3) is 1.58. The number of halogens is 1. The minimum Gasteiger partial charge on any atom is -0.359 e. The maximum absolute atomic E-state index is 11.2. The SMILES string of the molecule is CCn1c(NC)nc(Cl)cc1=O. The number of aromatic nitrogens is 2. The zero-order chi connectivity index (χ0) is 9.14. The number of nitrogens with one attached hydrogen (secondary N) is 1. The van der Waals surface area contributed by atoms with Gasteiger partial charge < -0.3 is 5.32 Å². The van der Waals surface area contributed by atoms with Crippen molar-refractivity contribution in [3.63, 3.8) is 0 Å². The van der Waals surface area contributed by atoms with E-state index in [9.17, 15) is 4.79 Å². The fourth-order valence-corrected chi connectivity index (χ4v) is 1.15. The summed E-state index contributed by atoms with van der Waals surface area (Å²) in [5.74, 6) is 0.495. The van der Waals surface area contributed by atoms with Crippen LogP contribution in [0.15, 0.2) is 10.9 Å². The fourth-order valence-electron chi connectivity index (χ4n) is 0.974. The van der Waals surface area contributed by atoms with Crippen LogP contribution in [-0.2, 0) is 6.54 Å². The van der Waals surface area contributed by atoms with Crippen molar-refractivity contribution in [2.24, 2.45) is 0 Å². The molecule has 1 N–H and O–H groups in total. The average Bonchev–Trinajstić information content (AvgIpc) is 2.03. The summed E-state index contributed by atoms with van der Waals surface area (Å²) in [6.45, 7) is 2.46. The van der Waals surface area contributed by atoms with E-state index in [2.05, 4.69) is 10.3 Å². The molecule has 0 aromatic carbocycles. The summed E-state index contributed by atoms with van der Waals surface area (Å²) in [6.07, 6.45) is 0. The van der Waals surface area contributed by atoms with Crippen LogP contribution in [0, 0.1) is 0 Å². The highest BCUT2D eigenvalue weighted by Gasteiger charge is 2.02. The third-order valence-corrected chi connectivity index (χ3v) is 1.71. The minimum atomic E-state index is -0.137. The van der Waals surface area contributed by atoms with Gasteiger partial charge in [-0.15, -0.1) is 0 Å². The van der Waals surface area contributed by atoms with Gasteiger partial charge in [0.05, 0.1) is 0 Å². The Morgan fingerprint density at radius 2 is 2.42 bits per heavy atom. The largest absolute Gasteiger partial charge is 0.359 e. The van der Waals surface area contributed by atoms with Gasteiger partial charge in [-0.05, 0) is 6.92 Å². The van der Waals surface area contributed by atoms with Crippen LogP contribution in [0.3, 0.4) is 0 Å². The van der Waals surface area contributed by atoms with Crippen molar-refractivity contribution < 1.29 is 0 Å². The van der Waals surface area contributed by atoms with Gasteiger partial charge in [-0.2, -0.15) is 0 Å². The van der Waals surface area contributed by atoms with Crippen LogP contribution < -0.4 is 10.9 Å². The quantitative estimate of drug-likeness (QED) is 0.702. The molecular formula is C7H10ClN3O. The van der Waals surface area contributed by atoms with Gasteiger partial charge in [0.15, 0.2) is 0 Å². The van der Waals surface area contributed by atoms with E-state index >= 15 is 0 Å². The van der Waals surface area contributed by atoms with Crippen molar-refractivity contribution in [2.45, 2.75) is 13.5 Å². The van der Waals surface area contributed by atoms with Crippen LogP contribution in [0.4, 0.5) is 5.95 Å². The number of hydrogen-bond donors (Lipinski definition) is 1. The van der Waals surface area contributed by atoms with Crippen LogP contribution in [-0.4, -0.2) is 16.6 Å². The molecule has 4 nitrogen and oxygen atoms in total. The first kappa shape index (κ1) is 9.06. The van der Waals surface area contributed by atoms with E-state index in [-0.39, 0.29) is 10.7 Å². The Hall–Kier alpha value is -1.03. The molecule has 0 unspecified atom stereocenters.